The van der Waals surface area contributed by atoms with Gasteiger partial charge in [-0.2, -0.15) is 0 Å². The first kappa shape index (κ1) is 22.3. The van der Waals surface area contributed by atoms with E-state index in [1.807, 2.05) is 13.0 Å². The summed E-state index contributed by atoms with van der Waals surface area (Å²) in [5.74, 6) is -2.02. The van der Waals surface area contributed by atoms with Crippen LogP contribution in [0.2, 0.25) is 0 Å². The number of hydrogen-bond acceptors (Lipinski definition) is 4. The smallest absolute Gasteiger partial charge is 0.423 e. The van der Waals surface area contributed by atoms with Crippen LogP contribution in [0.3, 0.4) is 0 Å². The zero-order valence-corrected chi connectivity index (χ0v) is 18.1. The van der Waals surface area contributed by atoms with Gasteiger partial charge in [-0.3, -0.25) is 15.0 Å². The van der Waals surface area contributed by atoms with Gasteiger partial charge < -0.3 is 10.0 Å². The van der Waals surface area contributed by atoms with E-state index in [9.17, 15) is 14.0 Å². The van der Waals surface area contributed by atoms with E-state index in [1.165, 1.54) is 11.1 Å². The third-order valence-electron chi connectivity index (χ3n) is 3.92. The summed E-state index contributed by atoms with van der Waals surface area (Å²) in [6.07, 6.45) is 0. The molecule has 9 heteroatoms. The number of hydrazine groups is 1. The maximum Gasteiger partial charge on any atom is 0.491 e. The molecule has 2 amide bonds. The molecule has 0 saturated heterocycles. The Balaban J connectivity index is 2.33. The maximum atomic E-state index is 14.0. The number of aryl methyl sites for hydroxylation is 1. The second-order valence-corrected chi connectivity index (χ2v) is 8.63. The van der Waals surface area contributed by atoms with E-state index in [2.05, 4.69) is 28.0 Å². The van der Waals surface area contributed by atoms with E-state index in [1.54, 1.807) is 32.9 Å². The molecule has 0 unspecified atom stereocenters. The molecule has 148 valence electrons. The molecule has 28 heavy (non-hydrogen) atoms. The van der Waals surface area contributed by atoms with Crippen LogP contribution in [0.4, 0.5) is 4.39 Å². The molecule has 0 aliphatic heterocycles. The van der Waals surface area contributed by atoms with Crippen LogP contribution in [-0.2, 0) is 0 Å². The SMILES string of the molecule is Cc1cc(I)cc(C(=O)N(NC(=O)c2ccc(B(O)O)c(F)c2)C(C)(C)C)c1. The van der Waals surface area contributed by atoms with Gasteiger partial charge in [-0.15, -0.1) is 0 Å². The van der Waals surface area contributed by atoms with Crippen molar-refractivity contribution in [2.45, 2.75) is 33.2 Å². The van der Waals surface area contributed by atoms with E-state index in [4.69, 9.17) is 10.0 Å². The summed E-state index contributed by atoms with van der Waals surface area (Å²) < 4.78 is 14.9. The number of halogens is 2. The van der Waals surface area contributed by atoms with E-state index >= 15 is 0 Å². The zero-order chi connectivity index (χ0) is 21.2. The molecular weight excluding hydrogens is 477 g/mol. The molecule has 0 aromatic heterocycles. The summed E-state index contributed by atoms with van der Waals surface area (Å²) in [5.41, 5.74) is 2.73. The molecule has 0 radical (unpaired) electrons. The Morgan fingerprint density at radius 1 is 1.11 bits per heavy atom. The van der Waals surface area contributed by atoms with Crippen LogP contribution in [0.5, 0.6) is 0 Å². The second kappa shape index (κ2) is 8.58. The van der Waals surface area contributed by atoms with Crippen molar-refractivity contribution >= 4 is 47.0 Å². The molecule has 0 atom stereocenters. The summed E-state index contributed by atoms with van der Waals surface area (Å²) in [7, 11) is -1.98. The third-order valence-corrected chi connectivity index (χ3v) is 4.54. The average Bonchev–Trinajstić information content (AvgIpc) is 2.56. The van der Waals surface area contributed by atoms with Crippen LogP contribution in [-0.4, -0.2) is 39.5 Å². The monoisotopic (exact) mass is 498 g/mol. The minimum atomic E-state index is -1.98. The molecule has 0 heterocycles. The molecule has 6 nitrogen and oxygen atoms in total. The van der Waals surface area contributed by atoms with Gasteiger partial charge in [-0.05, 0) is 86.2 Å². The fourth-order valence-corrected chi connectivity index (χ4v) is 3.38. The van der Waals surface area contributed by atoms with E-state index in [0.29, 0.717) is 5.56 Å². The first-order valence-electron chi connectivity index (χ1n) is 8.48. The lowest BCUT2D eigenvalue weighted by molar-refractivity contribution is 0.0358. The van der Waals surface area contributed by atoms with E-state index < -0.39 is 30.3 Å². The molecule has 2 aromatic carbocycles. The van der Waals surface area contributed by atoms with Crippen LogP contribution < -0.4 is 10.9 Å². The Morgan fingerprint density at radius 3 is 2.25 bits per heavy atom. The molecular formula is C19H21BFIN2O4. The van der Waals surface area contributed by atoms with Crippen molar-refractivity contribution in [3.63, 3.8) is 0 Å². The molecule has 0 bridgehead atoms. The second-order valence-electron chi connectivity index (χ2n) is 7.38. The highest BCUT2D eigenvalue weighted by molar-refractivity contribution is 14.1. The quantitative estimate of drug-likeness (QED) is 0.344. The third kappa shape index (κ3) is 5.30. The zero-order valence-electron chi connectivity index (χ0n) is 16.0. The fraction of sp³-hybridized carbons (Fsp3) is 0.263. The molecule has 3 N–H and O–H groups in total. The first-order valence-corrected chi connectivity index (χ1v) is 9.56. The van der Waals surface area contributed by atoms with Gasteiger partial charge in [0, 0.05) is 20.2 Å². The van der Waals surface area contributed by atoms with Crippen LogP contribution in [0.15, 0.2) is 36.4 Å². The summed E-state index contributed by atoms with van der Waals surface area (Å²) in [5, 5.41) is 19.4. The standard InChI is InChI=1S/C19H21BFIN2O4/c1-11-7-13(9-14(22)8-11)18(26)24(19(2,3)4)23-17(25)12-5-6-15(20(27)28)16(21)10-12/h5-10,27-28H,1-4H3,(H,23,25). The van der Waals surface area contributed by atoms with Crippen LogP contribution in [0.25, 0.3) is 0 Å². The van der Waals surface area contributed by atoms with Crippen molar-refractivity contribution in [3.05, 3.63) is 62.5 Å². The minimum Gasteiger partial charge on any atom is -0.423 e. The number of hydrogen-bond donors (Lipinski definition) is 3. The van der Waals surface area contributed by atoms with E-state index in [0.717, 1.165) is 21.3 Å². The highest BCUT2D eigenvalue weighted by Crippen LogP contribution is 2.19. The fourth-order valence-electron chi connectivity index (χ4n) is 2.56. The summed E-state index contributed by atoms with van der Waals surface area (Å²) in [4.78, 5) is 25.6. The van der Waals surface area contributed by atoms with Crippen LogP contribution in [0.1, 0.15) is 47.1 Å². The van der Waals surface area contributed by atoms with Crippen molar-refractivity contribution in [1.29, 1.82) is 0 Å². The average molecular weight is 498 g/mol. The lowest BCUT2D eigenvalue weighted by Crippen LogP contribution is -2.56. The Hall–Kier alpha value is -1.98. The highest BCUT2D eigenvalue weighted by atomic mass is 127. The Kier molecular flexibility index (Phi) is 6.84. The number of carbonyl (C=O) groups excluding carboxylic acids is 2. The number of carbonyl (C=O) groups is 2. The lowest BCUT2D eigenvalue weighted by Gasteiger charge is -2.35. The molecule has 2 rings (SSSR count). The highest BCUT2D eigenvalue weighted by Gasteiger charge is 2.30. The summed E-state index contributed by atoms with van der Waals surface area (Å²) in [6, 6.07) is 8.64. The van der Waals surface area contributed by atoms with Crippen molar-refractivity contribution < 1.29 is 24.0 Å². The number of amides is 2. The van der Waals surface area contributed by atoms with Gasteiger partial charge >= 0.3 is 7.12 Å². The lowest BCUT2D eigenvalue weighted by atomic mass is 9.79. The van der Waals surface area contributed by atoms with E-state index in [-0.39, 0.29) is 11.0 Å². The van der Waals surface area contributed by atoms with Gasteiger partial charge in [-0.25, -0.2) is 9.40 Å². The summed E-state index contributed by atoms with van der Waals surface area (Å²) in [6.45, 7) is 7.16. The van der Waals surface area contributed by atoms with Crippen molar-refractivity contribution in [3.8, 4) is 0 Å². The largest absolute Gasteiger partial charge is 0.491 e. The molecule has 0 saturated carbocycles. The first-order chi connectivity index (χ1) is 12.9. The minimum absolute atomic E-state index is 0.0530. The van der Waals surface area contributed by atoms with Crippen molar-refractivity contribution in [2.24, 2.45) is 0 Å². The number of nitrogens with one attached hydrogen (secondary N) is 1. The van der Waals surface area contributed by atoms with Gasteiger partial charge in [0.1, 0.15) is 5.82 Å². The molecule has 0 spiro atoms. The predicted octanol–water partition coefficient (Wildman–Crippen LogP) is 2.00. The Labute approximate surface area is 177 Å². The Morgan fingerprint density at radius 2 is 1.75 bits per heavy atom. The molecule has 2 aromatic rings. The Bertz CT molecular complexity index is 895. The van der Waals surface area contributed by atoms with Gasteiger partial charge in [0.15, 0.2) is 0 Å². The van der Waals surface area contributed by atoms with Gasteiger partial charge in [0.2, 0.25) is 0 Å². The molecule has 0 fully saturated rings. The summed E-state index contributed by atoms with van der Waals surface area (Å²) >= 11 is 2.11. The topological polar surface area (TPSA) is 89.9 Å². The van der Waals surface area contributed by atoms with Crippen LogP contribution >= 0.6 is 22.6 Å². The molecule has 0 aliphatic rings. The predicted molar refractivity (Wildman–Crippen MR) is 114 cm³/mol. The van der Waals surface area contributed by atoms with Crippen LogP contribution in [0, 0.1) is 16.3 Å². The van der Waals surface area contributed by atoms with Gasteiger partial charge in [-0.1, -0.05) is 6.07 Å². The van der Waals surface area contributed by atoms with Gasteiger partial charge in [0.05, 0.1) is 5.54 Å². The number of nitrogens with zero attached hydrogens (tertiary/aromatic N) is 1. The molecule has 0 aliphatic carbocycles. The number of rotatable bonds is 3. The van der Waals surface area contributed by atoms with Crippen molar-refractivity contribution in [2.75, 3.05) is 0 Å². The van der Waals surface area contributed by atoms with Crippen molar-refractivity contribution in [1.82, 2.24) is 10.4 Å². The number of benzene rings is 2. The maximum absolute atomic E-state index is 14.0. The van der Waals surface area contributed by atoms with Gasteiger partial charge in [0.25, 0.3) is 11.8 Å². The normalized spacial score (nSPS) is 11.1.